The Bertz CT molecular complexity index is 981. The predicted octanol–water partition coefficient (Wildman–Crippen LogP) is 5.01. The number of benzene rings is 1. The van der Waals surface area contributed by atoms with E-state index in [2.05, 4.69) is 31.4 Å². The molecular formula is C18H18BrCl2N5O. The van der Waals surface area contributed by atoms with E-state index in [1.54, 1.807) is 16.3 Å². The number of amides is 1. The molecule has 27 heavy (non-hydrogen) atoms. The van der Waals surface area contributed by atoms with E-state index >= 15 is 0 Å². The van der Waals surface area contributed by atoms with Gasteiger partial charge in [-0.1, -0.05) is 35.3 Å². The van der Waals surface area contributed by atoms with Gasteiger partial charge in [-0.25, -0.2) is 0 Å². The van der Waals surface area contributed by atoms with Gasteiger partial charge in [0.25, 0.3) is 0 Å². The lowest BCUT2D eigenvalue weighted by molar-refractivity contribution is -0.119. The smallest absolute Gasteiger partial charge is 0.250 e. The van der Waals surface area contributed by atoms with E-state index < -0.39 is 6.04 Å². The average Bonchev–Trinajstić information content (AvgIpc) is 3.10. The van der Waals surface area contributed by atoms with Crippen LogP contribution in [0.4, 0.5) is 5.82 Å². The summed E-state index contributed by atoms with van der Waals surface area (Å²) >= 11 is 15.5. The summed E-state index contributed by atoms with van der Waals surface area (Å²) in [7, 11) is 0. The molecule has 0 spiro atoms. The normalized spacial score (nSPS) is 12.2. The van der Waals surface area contributed by atoms with E-state index in [9.17, 15) is 4.79 Å². The number of nitrogens with one attached hydrogen (secondary N) is 1. The van der Waals surface area contributed by atoms with Crippen molar-refractivity contribution >= 4 is 50.9 Å². The minimum Gasteiger partial charge on any atom is -0.306 e. The lowest BCUT2D eigenvalue weighted by Gasteiger charge is -2.13. The third-order valence-corrected chi connectivity index (χ3v) is 5.58. The van der Waals surface area contributed by atoms with Crippen molar-refractivity contribution in [3.63, 3.8) is 0 Å². The van der Waals surface area contributed by atoms with Crippen molar-refractivity contribution in [2.45, 2.75) is 33.4 Å². The summed E-state index contributed by atoms with van der Waals surface area (Å²) in [5.74, 6) is 0.225. The molecule has 3 rings (SSSR count). The Morgan fingerprint density at radius 3 is 2.48 bits per heavy atom. The van der Waals surface area contributed by atoms with Crippen LogP contribution in [0.3, 0.4) is 0 Å². The van der Waals surface area contributed by atoms with Crippen LogP contribution in [0.1, 0.15) is 29.9 Å². The van der Waals surface area contributed by atoms with Crippen LogP contribution >= 0.6 is 39.1 Å². The Kier molecular flexibility index (Phi) is 5.93. The van der Waals surface area contributed by atoms with Gasteiger partial charge in [0.05, 0.1) is 27.4 Å². The first-order valence-corrected chi connectivity index (χ1v) is 9.80. The summed E-state index contributed by atoms with van der Waals surface area (Å²) in [6, 6.07) is 7.01. The van der Waals surface area contributed by atoms with Crippen molar-refractivity contribution in [2.24, 2.45) is 0 Å². The monoisotopic (exact) mass is 469 g/mol. The number of hydrogen-bond donors (Lipinski definition) is 1. The number of aryl methyl sites for hydroxylation is 1. The highest BCUT2D eigenvalue weighted by Gasteiger charge is 2.22. The molecule has 2 aromatic heterocycles. The fourth-order valence-electron chi connectivity index (χ4n) is 2.69. The Morgan fingerprint density at radius 1 is 1.22 bits per heavy atom. The van der Waals surface area contributed by atoms with Gasteiger partial charge in [-0.15, -0.1) is 0 Å². The molecule has 0 radical (unpaired) electrons. The highest BCUT2D eigenvalue weighted by Crippen LogP contribution is 2.25. The van der Waals surface area contributed by atoms with Gasteiger partial charge < -0.3 is 5.32 Å². The molecule has 9 heteroatoms. The van der Waals surface area contributed by atoms with Crippen LogP contribution in [0.25, 0.3) is 0 Å². The molecule has 0 fully saturated rings. The summed E-state index contributed by atoms with van der Waals surface area (Å²) in [6.07, 6.45) is 1.81. The van der Waals surface area contributed by atoms with Crippen LogP contribution in [0.5, 0.6) is 0 Å². The lowest BCUT2D eigenvalue weighted by Crippen LogP contribution is -2.25. The van der Waals surface area contributed by atoms with Crippen molar-refractivity contribution < 1.29 is 4.79 Å². The molecule has 1 atom stereocenters. The summed E-state index contributed by atoms with van der Waals surface area (Å²) in [5, 5.41) is 12.9. The highest BCUT2D eigenvalue weighted by atomic mass is 79.9. The van der Waals surface area contributed by atoms with Crippen molar-refractivity contribution in [1.82, 2.24) is 19.6 Å². The number of nitrogens with zero attached hydrogens (tertiary/aromatic N) is 4. The number of hydrogen-bond acceptors (Lipinski definition) is 3. The first kappa shape index (κ1) is 19.9. The maximum absolute atomic E-state index is 12.6. The molecule has 0 aliphatic heterocycles. The molecule has 0 aliphatic rings. The Hall–Kier alpha value is -1.83. The quantitative estimate of drug-likeness (QED) is 0.569. The summed E-state index contributed by atoms with van der Waals surface area (Å²) in [6.45, 7) is 5.98. The molecule has 142 valence electrons. The van der Waals surface area contributed by atoms with Crippen LogP contribution in [0.2, 0.25) is 10.0 Å². The molecule has 0 bridgehead atoms. The number of carbonyl (C=O) groups excluding carboxylic acids is 1. The molecule has 0 saturated heterocycles. The molecule has 1 amide bonds. The third kappa shape index (κ3) is 4.36. The van der Waals surface area contributed by atoms with Crippen molar-refractivity contribution in [2.75, 3.05) is 5.32 Å². The number of carbonyl (C=O) groups is 1. The van der Waals surface area contributed by atoms with Crippen molar-refractivity contribution in [1.29, 1.82) is 0 Å². The van der Waals surface area contributed by atoms with Gasteiger partial charge in [0.2, 0.25) is 5.91 Å². The zero-order chi connectivity index (χ0) is 19.7. The second-order valence-corrected chi connectivity index (χ2v) is 7.91. The van der Waals surface area contributed by atoms with Gasteiger partial charge in [0.1, 0.15) is 6.04 Å². The molecule has 0 aliphatic carbocycles. The predicted molar refractivity (Wildman–Crippen MR) is 111 cm³/mol. The van der Waals surface area contributed by atoms with E-state index in [1.807, 2.05) is 44.3 Å². The average molecular weight is 471 g/mol. The van der Waals surface area contributed by atoms with Gasteiger partial charge in [-0.2, -0.15) is 10.2 Å². The molecule has 1 aromatic carbocycles. The Balaban J connectivity index is 1.73. The van der Waals surface area contributed by atoms with Gasteiger partial charge in [-0.3, -0.25) is 14.2 Å². The second kappa shape index (κ2) is 8.04. The number of rotatable bonds is 5. The molecule has 3 aromatic rings. The van der Waals surface area contributed by atoms with Crippen molar-refractivity contribution in [3.8, 4) is 0 Å². The summed E-state index contributed by atoms with van der Waals surface area (Å²) in [4.78, 5) is 12.6. The van der Waals surface area contributed by atoms with E-state index in [4.69, 9.17) is 23.2 Å². The number of aromatic nitrogens is 4. The molecule has 2 heterocycles. The minimum absolute atomic E-state index is 0.227. The van der Waals surface area contributed by atoms with Crippen LogP contribution in [-0.4, -0.2) is 25.5 Å². The van der Waals surface area contributed by atoms with Crippen molar-refractivity contribution in [3.05, 3.63) is 61.9 Å². The molecular weight excluding hydrogens is 453 g/mol. The largest absolute Gasteiger partial charge is 0.306 e. The minimum atomic E-state index is -0.524. The van der Waals surface area contributed by atoms with Gasteiger partial charge in [0.15, 0.2) is 5.82 Å². The first-order valence-electron chi connectivity index (χ1n) is 8.25. The molecule has 6 nitrogen and oxygen atoms in total. The zero-order valence-corrected chi connectivity index (χ0v) is 18.1. The molecule has 1 N–H and O–H groups in total. The molecule has 0 saturated carbocycles. The van der Waals surface area contributed by atoms with Crippen LogP contribution in [0.15, 0.2) is 34.9 Å². The zero-order valence-electron chi connectivity index (χ0n) is 15.0. The summed E-state index contributed by atoms with van der Waals surface area (Å²) < 4.78 is 4.06. The fraction of sp³-hybridized carbons (Fsp3) is 0.278. The van der Waals surface area contributed by atoms with Gasteiger partial charge in [0, 0.05) is 11.2 Å². The standard InChI is InChI=1S/C18H18BrCl2N5O/c1-10-16(21)11(2)26(23-10)12(3)18(27)22-17-15(19)9-25(24-17)8-13-4-6-14(20)7-5-13/h4-7,9,12H,8H2,1-3H3,(H,22,24,27). The maximum atomic E-state index is 12.6. The topological polar surface area (TPSA) is 64.7 Å². The van der Waals surface area contributed by atoms with Gasteiger partial charge in [-0.05, 0) is 54.4 Å². The van der Waals surface area contributed by atoms with Crippen LogP contribution in [0, 0.1) is 13.8 Å². The van der Waals surface area contributed by atoms with Crippen LogP contribution < -0.4 is 5.32 Å². The third-order valence-electron chi connectivity index (χ3n) is 4.20. The Morgan fingerprint density at radius 2 is 1.89 bits per heavy atom. The SMILES string of the molecule is Cc1nn(C(C)C(=O)Nc2nn(Cc3ccc(Cl)cc3)cc2Br)c(C)c1Cl. The van der Waals surface area contributed by atoms with E-state index in [0.717, 1.165) is 11.3 Å². The Labute approximate surface area is 175 Å². The van der Waals surface area contributed by atoms with Crippen LogP contribution in [-0.2, 0) is 11.3 Å². The van der Waals surface area contributed by atoms with Gasteiger partial charge >= 0.3 is 0 Å². The van der Waals surface area contributed by atoms with E-state index in [0.29, 0.717) is 32.6 Å². The number of halogens is 3. The first-order chi connectivity index (χ1) is 12.8. The summed E-state index contributed by atoms with van der Waals surface area (Å²) in [5.41, 5.74) is 2.50. The van der Waals surface area contributed by atoms with E-state index in [1.165, 1.54) is 0 Å². The highest BCUT2D eigenvalue weighted by molar-refractivity contribution is 9.10. The maximum Gasteiger partial charge on any atom is 0.250 e. The fourth-order valence-corrected chi connectivity index (χ4v) is 3.36. The number of anilines is 1. The molecule has 1 unspecified atom stereocenters. The lowest BCUT2D eigenvalue weighted by atomic mass is 10.2. The van der Waals surface area contributed by atoms with E-state index in [-0.39, 0.29) is 5.91 Å². The second-order valence-electron chi connectivity index (χ2n) is 6.24.